The van der Waals surface area contributed by atoms with Crippen LogP contribution in [0.3, 0.4) is 0 Å². The van der Waals surface area contributed by atoms with Gasteiger partial charge in [0.2, 0.25) is 5.91 Å². The summed E-state index contributed by atoms with van der Waals surface area (Å²) in [4.78, 5) is 12.0. The highest BCUT2D eigenvalue weighted by Gasteiger charge is 2.14. The van der Waals surface area contributed by atoms with Crippen molar-refractivity contribution in [3.05, 3.63) is 23.8 Å². The van der Waals surface area contributed by atoms with Crippen molar-refractivity contribution >= 4 is 5.91 Å². The van der Waals surface area contributed by atoms with Crippen LogP contribution in [0.15, 0.2) is 18.2 Å². The molecule has 1 aromatic rings. The number of piperidine rings is 1. The number of carbonyl (C=O) groups excluding carboxylic acids is 1. The van der Waals surface area contributed by atoms with Crippen LogP contribution < -0.4 is 20.1 Å². The van der Waals surface area contributed by atoms with Gasteiger partial charge in [0.15, 0.2) is 0 Å². The molecule has 22 heavy (non-hydrogen) atoms. The first-order valence-corrected chi connectivity index (χ1v) is 7.91. The Labute approximate surface area is 132 Å². The number of methoxy groups -OCH3 is 2. The molecule has 122 valence electrons. The van der Waals surface area contributed by atoms with Gasteiger partial charge in [0.1, 0.15) is 11.5 Å². The maximum atomic E-state index is 12.0. The lowest BCUT2D eigenvalue weighted by Gasteiger charge is -2.22. The minimum Gasteiger partial charge on any atom is -0.497 e. The number of benzene rings is 1. The van der Waals surface area contributed by atoms with E-state index in [4.69, 9.17) is 9.47 Å². The van der Waals surface area contributed by atoms with Crippen molar-refractivity contribution in [3.63, 3.8) is 0 Å². The van der Waals surface area contributed by atoms with Gasteiger partial charge in [0, 0.05) is 13.0 Å². The number of hydrogen-bond acceptors (Lipinski definition) is 4. The first-order valence-electron chi connectivity index (χ1n) is 7.91. The third-order valence-electron chi connectivity index (χ3n) is 4.10. The van der Waals surface area contributed by atoms with Crippen molar-refractivity contribution in [2.75, 3.05) is 33.9 Å². The van der Waals surface area contributed by atoms with Crippen molar-refractivity contribution < 1.29 is 14.3 Å². The summed E-state index contributed by atoms with van der Waals surface area (Å²) in [6.45, 7) is 2.87. The molecule has 0 aliphatic carbocycles. The van der Waals surface area contributed by atoms with Crippen LogP contribution in [0.5, 0.6) is 11.5 Å². The van der Waals surface area contributed by atoms with E-state index in [1.807, 2.05) is 18.2 Å². The average Bonchev–Trinajstić information content (AvgIpc) is 2.58. The van der Waals surface area contributed by atoms with Gasteiger partial charge in [-0.05, 0) is 62.0 Å². The van der Waals surface area contributed by atoms with Crippen molar-refractivity contribution in [1.82, 2.24) is 10.6 Å². The quantitative estimate of drug-likeness (QED) is 0.806. The molecule has 1 fully saturated rings. The van der Waals surface area contributed by atoms with E-state index in [0.717, 1.165) is 36.7 Å². The molecule has 1 atom stereocenters. The predicted molar refractivity (Wildman–Crippen MR) is 86.5 cm³/mol. The largest absolute Gasteiger partial charge is 0.497 e. The Morgan fingerprint density at radius 1 is 1.36 bits per heavy atom. The monoisotopic (exact) mass is 306 g/mol. The SMILES string of the molecule is COc1ccc(OC)c(CCC(=O)NCC2CCCNC2)c1. The Balaban J connectivity index is 1.80. The lowest BCUT2D eigenvalue weighted by atomic mass is 9.99. The standard InChI is InChI=1S/C17H26N2O3/c1-21-15-6-7-16(22-2)14(10-15)5-8-17(20)19-12-13-4-3-9-18-11-13/h6-7,10,13,18H,3-5,8-9,11-12H2,1-2H3,(H,19,20). The molecule has 0 aromatic heterocycles. The van der Waals surface area contributed by atoms with Gasteiger partial charge in [-0.1, -0.05) is 0 Å². The highest BCUT2D eigenvalue weighted by Crippen LogP contribution is 2.25. The molecule has 1 aliphatic rings. The molecule has 5 nitrogen and oxygen atoms in total. The number of aryl methyl sites for hydroxylation is 1. The fourth-order valence-electron chi connectivity index (χ4n) is 2.77. The summed E-state index contributed by atoms with van der Waals surface area (Å²) in [7, 11) is 3.28. The second kappa shape index (κ2) is 8.63. The van der Waals surface area contributed by atoms with Crippen LogP contribution in [0.4, 0.5) is 0 Å². The van der Waals surface area contributed by atoms with Crippen molar-refractivity contribution in [2.45, 2.75) is 25.7 Å². The molecule has 1 aromatic carbocycles. The second-order valence-electron chi connectivity index (χ2n) is 5.69. The predicted octanol–water partition coefficient (Wildman–Crippen LogP) is 1.75. The Bertz CT molecular complexity index is 485. The number of rotatable bonds is 7. The van der Waals surface area contributed by atoms with E-state index >= 15 is 0 Å². The molecular weight excluding hydrogens is 280 g/mol. The van der Waals surface area contributed by atoms with E-state index in [-0.39, 0.29) is 5.91 Å². The second-order valence-corrected chi connectivity index (χ2v) is 5.69. The van der Waals surface area contributed by atoms with Crippen LogP contribution in [0.25, 0.3) is 0 Å². The normalized spacial score (nSPS) is 17.8. The maximum absolute atomic E-state index is 12.0. The van der Waals surface area contributed by atoms with Crippen LogP contribution in [0, 0.1) is 5.92 Å². The minimum absolute atomic E-state index is 0.0930. The third kappa shape index (κ3) is 4.91. The van der Waals surface area contributed by atoms with Crippen LogP contribution in [0.1, 0.15) is 24.8 Å². The number of amides is 1. The molecule has 2 rings (SSSR count). The summed E-state index contributed by atoms with van der Waals surface area (Å²) in [5, 5.41) is 6.40. The Morgan fingerprint density at radius 3 is 2.91 bits per heavy atom. The smallest absolute Gasteiger partial charge is 0.220 e. The van der Waals surface area contributed by atoms with Crippen molar-refractivity contribution in [3.8, 4) is 11.5 Å². The Kier molecular flexibility index (Phi) is 6.52. The molecule has 1 saturated heterocycles. The van der Waals surface area contributed by atoms with Crippen LogP contribution in [-0.4, -0.2) is 39.8 Å². The fourth-order valence-corrected chi connectivity index (χ4v) is 2.77. The maximum Gasteiger partial charge on any atom is 0.220 e. The zero-order valence-corrected chi connectivity index (χ0v) is 13.5. The molecule has 1 aliphatic heterocycles. The van der Waals surface area contributed by atoms with Gasteiger partial charge in [-0.25, -0.2) is 0 Å². The fraction of sp³-hybridized carbons (Fsp3) is 0.588. The first-order chi connectivity index (χ1) is 10.7. The first kappa shape index (κ1) is 16.6. The molecule has 1 amide bonds. The highest BCUT2D eigenvalue weighted by molar-refractivity contribution is 5.76. The number of hydrogen-bond donors (Lipinski definition) is 2. The van der Waals surface area contributed by atoms with E-state index in [2.05, 4.69) is 10.6 Å². The van der Waals surface area contributed by atoms with E-state index in [9.17, 15) is 4.79 Å². The summed E-state index contributed by atoms with van der Waals surface area (Å²) in [5.74, 6) is 2.23. The lowest BCUT2D eigenvalue weighted by molar-refractivity contribution is -0.121. The van der Waals surface area contributed by atoms with Crippen LogP contribution >= 0.6 is 0 Å². The summed E-state index contributed by atoms with van der Waals surface area (Å²) in [6.07, 6.45) is 3.50. The summed E-state index contributed by atoms with van der Waals surface area (Å²) in [5.41, 5.74) is 0.997. The Hall–Kier alpha value is -1.75. The number of carbonyl (C=O) groups is 1. The topological polar surface area (TPSA) is 59.6 Å². The number of ether oxygens (including phenoxy) is 2. The summed E-state index contributed by atoms with van der Waals surface area (Å²) in [6, 6.07) is 5.66. The van der Waals surface area contributed by atoms with Gasteiger partial charge in [-0.3, -0.25) is 4.79 Å². The zero-order chi connectivity index (χ0) is 15.8. The van der Waals surface area contributed by atoms with E-state index in [0.29, 0.717) is 18.8 Å². The number of nitrogens with one attached hydrogen (secondary N) is 2. The molecule has 2 N–H and O–H groups in total. The molecule has 0 spiro atoms. The summed E-state index contributed by atoms with van der Waals surface area (Å²) >= 11 is 0. The molecule has 5 heteroatoms. The van der Waals surface area contributed by atoms with Gasteiger partial charge in [-0.2, -0.15) is 0 Å². The molecule has 1 heterocycles. The van der Waals surface area contributed by atoms with E-state index < -0.39 is 0 Å². The zero-order valence-electron chi connectivity index (χ0n) is 13.5. The molecular formula is C17H26N2O3. The summed E-state index contributed by atoms with van der Waals surface area (Å²) < 4.78 is 10.6. The Morgan fingerprint density at radius 2 is 2.23 bits per heavy atom. The van der Waals surface area contributed by atoms with Gasteiger partial charge >= 0.3 is 0 Å². The van der Waals surface area contributed by atoms with Crippen molar-refractivity contribution in [2.24, 2.45) is 5.92 Å². The average molecular weight is 306 g/mol. The minimum atomic E-state index is 0.0930. The van der Waals surface area contributed by atoms with Gasteiger partial charge in [-0.15, -0.1) is 0 Å². The van der Waals surface area contributed by atoms with Crippen molar-refractivity contribution in [1.29, 1.82) is 0 Å². The van der Waals surface area contributed by atoms with Gasteiger partial charge < -0.3 is 20.1 Å². The molecule has 0 radical (unpaired) electrons. The lowest BCUT2D eigenvalue weighted by Crippen LogP contribution is -2.38. The molecule has 1 unspecified atom stereocenters. The van der Waals surface area contributed by atoms with Crippen LogP contribution in [-0.2, 0) is 11.2 Å². The van der Waals surface area contributed by atoms with E-state index in [1.165, 1.54) is 12.8 Å². The third-order valence-corrected chi connectivity index (χ3v) is 4.10. The van der Waals surface area contributed by atoms with E-state index in [1.54, 1.807) is 14.2 Å². The molecule has 0 saturated carbocycles. The highest BCUT2D eigenvalue weighted by atomic mass is 16.5. The van der Waals surface area contributed by atoms with Gasteiger partial charge in [0.25, 0.3) is 0 Å². The van der Waals surface area contributed by atoms with Crippen LogP contribution in [0.2, 0.25) is 0 Å². The molecule has 0 bridgehead atoms. The van der Waals surface area contributed by atoms with Gasteiger partial charge in [0.05, 0.1) is 14.2 Å².